The molecule has 15 nitrogen and oxygen atoms in total. The molecule has 4 heterocycles. The van der Waals surface area contributed by atoms with E-state index in [1.807, 2.05) is 19.1 Å². The molecule has 5 aromatic rings. The number of methoxy groups -OCH3 is 1. The second-order valence-electron chi connectivity index (χ2n) is 20.5. The molecule has 1 amide bonds. The fraction of sp³-hybridized carbons (Fsp3) is 0.446. The van der Waals surface area contributed by atoms with E-state index in [-0.39, 0.29) is 51.7 Å². The first-order chi connectivity index (χ1) is 35.1. The van der Waals surface area contributed by atoms with Gasteiger partial charge in [-0.2, -0.15) is 0 Å². The average Bonchev–Trinajstić information content (AvgIpc) is 3.74. The molecule has 0 spiro atoms. The van der Waals surface area contributed by atoms with Gasteiger partial charge in [0.15, 0.2) is 5.75 Å². The Labute approximate surface area is 429 Å². The summed E-state index contributed by atoms with van der Waals surface area (Å²) in [5.41, 5.74) is 11.2. The zero-order chi connectivity index (χ0) is 51.4. The van der Waals surface area contributed by atoms with E-state index in [1.165, 1.54) is 34.9 Å². The highest BCUT2D eigenvalue weighted by Crippen LogP contribution is 2.41. The standard InChI is InChI=1S/C56H69FN8O7S/c1-6-71-55-52(31-46-47(57)17-18-49(46)61-55)72-51-29-40(13-16-45(51)54(66)62-73(68,69)42-30-48(58)53(60-33-42)59-32-37-19-23-56(4,67)24-20-37)64-25-21-39(22-26-64)65-28-27-63(34-38-11-14-41(70-5)15-12-38)35-50(65)44-10-8-7-9-43(44)36(2)3/h7-17,29-31,33,36-37,39,50,67H,6,18-28,32,34-35,58H2,1-5H3,(H,59,60)(H,62,66)/t37?,50-,56?/m0/s1. The van der Waals surface area contributed by atoms with E-state index in [4.69, 9.17) is 19.9 Å². The summed E-state index contributed by atoms with van der Waals surface area (Å²) in [6.07, 6.45) is 7.74. The molecule has 17 heteroatoms. The summed E-state index contributed by atoms with van der Waals surface area (Å²) in [6.45, 7) is 14.0. The first-order valence-corrected chi connectivity index (χ1v) is 27.1. The molecular weight excluding hydrogens is 948 g/mol. The van der Waals surface area contributed by atoms with Crippen LogP contribution < -0.4 is 34.9 Å². The molecule has 9 rings (SSSR count). The van der Waals surface area contributed by atoms with Gasteiger partial charge >= 0.3 is 0 Å². The van der Waals surface area contributed by atoms with Crippen molar-refractivity contribution in [3.63, 3.8) is 0 Å². The van der Waals surface area contributed by atoms with Gasteiger partial charge < -0.3 is 35.3 Å². The molecule has 1 saturated carbocycles. The molecule has 0 radical (unpaired) electrons. The smallest absolute Gasteiger partial charge is 0.268 e. The number of sulfonamides is 1. The molecule has 0 unspecified atom stereocenters. The lowest BCUT2D eigenvalue weighted by atomic mass is 9.80. The number of nitrogens with zero attached hydrogens (tertiary/aromatic N) is 5. The van der Waals surface area contributed by atoms with Crippen LogP contribution in [0.15, 0.2) is 96.0 Å². The number of anilines is 3. The van der Waals surface area contributed by atoms with Gasteiger partial charge in [-0.25, -0.2) is 27.5 Å². The van der Waals surface area contributed by atoms with Gasteiger partial charge in [-0.05, 0) is 123 Å². The van der Waals surface area contributed by atoms with Crippen LogP contribution in [0.3, 0.4) is 0 Å². The predicted molar refractivity (Wildman–Crippen MR) is 283 cm³/mol. The number of pyridine rings is 2. The number of piperazine rings is 1. The van der Waals surface area contributed by atoms with Gasteiger partial charge in [0.05, 0.1) is 36.3 Å². The summed E-state index contributed by atoms with van der Waals surface area (Å²) in [5.74, 6) is 0.700. The molecule has 73 heavy (non-hydrogen) atoms. The fourth-order valence-corrected chi connectivity index (χ4v) is 11.8. The number of nitrogens with one attached hydrogen (secondary N) is 2. The Balaban J connectivity index is 0.945. The number of halogens is 1. The number of rotatable bonds is 17. The van der Waals surface area contributed by atoms with E-state index in [1.54, 1.807) is 32.2 Å². The minimum absolute atomic E-state index is 0.0390. The van der Waals surface area contributed by atoms with Crippen LogP contribution in [0.5, 0.6) is 23.1 Å². The zero-order valence-electron chi connectivity index (χ0n) is 42.6. The number of benzene rings is 3. The van der Waals surface area contributed by atoms with E-state index in [9.17, 15) is 18.3 Å². The van der Waals surface area contributed by atoms with Crippen molar-refractivity contribution < 1.29 is 36.9 Å². The fourth-order valence-electron chi connectivity index (χ4n) is 10.8. The molecule has 3 aromatic carbocycles. The highest BCUT2D eigenvalue weighted by atomic mass is 32.2. The number of fused-ring (bicyclic) bond motifs is 1. The monoisotopic (exact) mass is 1020 g/mol. The maximum Gasteiger partial charge on any atom is 0.268 e. The second-order valence-corrected chi connectivity index (χ2v) is 22.1. The number of allylic oxidation sites excluding steroid dienone is 1. The van der Waals surface area contributed by atoms with Crippen LogP contribution in [0, 0.1) is 5.92 Å². The lowest BCUT2D eigenvalue weighted by Gasteiger charge is -2.48. The number of nitrogen functional groups attached to an aromatic ring is 1. The van der Waals surface area contributed by atoms with Crippen LogP contribution in [-0.2, 0) is 23.0 Å². The third-order valence-corrected chi connectivity index (χ3v) is 16.3. The highest BCUT2D eigenvalue weighted by Gasteiger charge is 2.37. The largest absolute Gasteiger partial charge is 0.497 e. The predicted octanol–water partition coefficient (Wildman–Crippen LogP) is 9.25. The van der Waals surface area contributed by atoms with Gasteiger partial charge in [-0.15, -0.1) is 0 Å². The zero-order valence-corrected chi connectivity index (χ0v) is 43.4. The topological polar surface area (TPSA) is 185 Å². The first kappa shape index (κ1) is 51.6. The summed E-state index contributed by atoms with van der Waals surface area (Å²) in [5, 5.41) is 13.6. The SMILES string of the molecule is CCOc1nc2c(cc1Oc1cc(N3CCC(N4CCN(Cc5ccc(OC)cc5)C[C@H]4c4ccccc4C(C)C)CC3)ccc1C(=O)NS(=O)(=O)c1cnc(NCC3CCC(C)(O)CC3)c(N)c1)C(F)=CC2. The van der Waals surface area contributed by atoms with Gasteiger partial charge in [-0.3, -0.25) is 14.6 Å². The summed E-state index contributed by atoms with van der Waals surface area (Å²) in [4.78, 5) is 30.4. The number of carbonyl (C=O) groups excluding carboxylic acids is 1. The number of amides is 1. The summed E-state index contributed by atoms with van der Waals surface area (Å²) >= 11 is 0. The summed E-state index contributed by atoms with van der Waals surface area (Å²) < 4.78 is 62.8. The number of carbonyl (C=O) groups is 1. The molecule has 3 fully saturated rings. The van der Waals surface area contributed by atoms with Crippen molar-refractivity contribution in [2.75, 3.05) is 68.9 Å². The van der Waals surface area contributed by atoms with Crippen molar-refractivity contribution in [1.82, 2.24) is 24.5 Å². The number of piperidine rings is 1. The molecule has 0 bridgehead atoms. The Hall–Kier alpha value is -6.27. The third kappa shape index (κ3) is 11.9. The minimum atomic E-state index is -4.49. The number of aliphatic hydroxyl groups is 1. The van der Waals surface area contributed by atoms with E-state index in [0.29, 0.717) is 55.2 Å². The second kappa shape index (κ2) is 22.1. The molecular formula is C56H69FN8O7S. The van der Waals surface area contributed by atoms with Crippen LogP contribution in [0.4, 0.5) is 21.6 Å². The molecule has 388 valence electrons. The Morgan fingerprint density at radius 3 is 2.44 bits per heavy atom. The maximum atomic E-state index is 15.0. The minimum Gasteiger partial charge on any atom is -0.497 e. The van der Waals surface area contributed by atoms with Crippen molar-refractivity contribution in [3.05, 3.63) is 125 Å². The van der Waals surface area contributed by atoms with Gasteiger partial charge in [0.25, 0.3) is 21.8 Å². The number of hydrogen-bond acceptors (Lipinski definition) is 14. The number of ether oxygens (including phenoxy) is 3. The Kier molecular flexibility index (Phi) is 15.6. The molecule has 4 aliphatic rings. The first-order valence-electron chi connectivity index (χ1n) is 25.7. The Morgan fingerprint density at radius 1 is 0.973 bits per heavy atom. The van der Waals surface area contributed by atoms with Crippen molar-refractivity contribution >= 4 is 38.9 Å². The molecule has 2 saturated heterocycles. The molecule has 2 aliphatic carbocycles. The van der Waals surface area contributed by atoms with Crippen LogP contribution in [-0.4, -0.2) is 104 Å². The third-order valence-electron chi connectivity index (χ3n) is 15.0. The van der Waals surface area contributed by atoms with Crippen molar-refractivity contribution in [2.24, 2.45) is 5.92 Å². The number of hydrogen-bond donors (Lipinski definition) is 4. The van der Waals surface area contributed by atoms with Crippen molar-refractivity contribution in [3.8, 4) is 23.1 Å². The quantitative estimate of drug-likeness (QED) is 0.0691. The lowest BCUT2D eigenvalue weighted by Crippen LogP contribution is -2.54. The van der Waals surface area contributed by atoms with Gasteiger partial charge in [0, 0.05) is 87.8 Å². The molecule has 2 aromatic heterocycles. The van der Waals surface area contributed by atoms with Gasteiger partial charge in [0.1, 0.15) is 28.0 Å². The number of nitrogens with two attached hydrogens (primary N) is 1. The van der Waals surface area contributed by atoms with Crippen molar-refractivity contribution in [1.29, 1.82) is 0 Å². The molecule has 1 atom stereocenters. The van der Waals surface area contributed by atoms with Crippen LogP contribution >= 0.6 is 0 Å². The Morgan fingerprint density at radius 2 is 1.73 bits per heavy atom. The summed E-state index contributed by atoms with van der Waals surface area (Å²) in [7, 11) is -2.80. The molecule has 2 aliphatic heterocycles. The van der Waals surface area contributed by atoms with Crippen molar-refractivity contribution in [2.45, 2.75) is 108 Å². The van der Waals surface area contributed by atoms with Crippen LogP contribution in [0.1, 0.15) is 116 Å². The highest BCUT2D eigenvalue weighted by molar-refractivity contribution is 7.90. The normalized spacial score (nSPS) is 20.9. The van der Waals surface area contributed by atoms with E-state index in [0.717, 1.165) is 82.6 Å². The van der Waals surface area contributed by atoms with Crippen LogP contribution in [0.25, 0.3) is 5.83 Å². The van der Waals surface area contributed by atoms with E-state index < -0.39 is 27.4 Å². The van der Waals surface area contributed by atoms with E-state index in [2.05, 4.69) is 85.0 Å². The summed E-state index contributed by atoms with van der Waals surface area (Å²) in [6, 6.07) is 25.6. The number of aromatic nitrogens is 2. The van der Waals surface area contributed by atoms with Gasteiger partial charge in [-0.1, -0.05) is 50.2 Å². The van der Waals surface area contributed by atoms with E-state index >= 15 is 4.39 Å². The lowest BCUT2D eigenvalue weighted by molar-refractivity contribution is 0.00975. The molecule has 5 N–H and O–H groups in total. The Bertz CT molecular complexity index is 2920. The van der Waals surface area contributed by atoms with Gasteiger partial charge in [0.2, 0.25) is 0 Å². The average molecular weight is 1020 g/mol. The maximum absolute atomic E-state index is 15.0. The van der Waals surface area contributed by atoms with Crippen LogP contribution in [0.2, 0.25) is 0 Å².